The van der Waals surface area contributed by atoms with Crippen LogP contribution in [0.5, 0.6) is 0 Å². The average Bonchev–Trinajstić information content (AvgIpc) is 2.62. The molecule has 0 aliphatic rings. The largest absolute Gasteiger partial charge is 0.292 e. The SMILES string of the molecule is Clc1ccc(Nn2ccnc2)c(Cl)c1. The van der Waals surface area contributed by atoms with Crippen molar-refractivity contribution in [2.24, 2.45) is 0 Å². The van der Waals surface area contributed by atoms with E-state index in [1.54, 1.807) is 35.5 Å². The maximum absolute atomic E-state index is 5.97. The molecule has 0 fully saturated rings. The van der Waals surface area contributed by atoms with Gasteiger partial charge in [-0.15, -0.1) is 0 Å². The first-order valence-electron chi connectivity index (χ1n) is 3.96. The van der Waals surface area contributed by atoms with Gasteiger partial charge in [0.05, 0.1) is 10.7 Å². The van der Waals surface area contributed by atoms with E-state index in [-0.39, 0.29) is 0 Å². The van der Waals surface area contributed by atoms with Crippen molar-refractivity contribution in [2.45, 2.75) is 0 Å². The molecule has 0 unspecified atom stereocenters. The Labute approximate surface area is 91.3 Å². The summed E-state index contributed by atoms with van der Waals surface area (Å²) in [6, 6.07) is 5.26. The molecule has 1 heterocycles. The van der Waals surface area contributed by atoms with E-state index in [9.17, 15) is 0 Å². The summed E-state index contributed by atoms with van der Waals surface area (Å²) in [6.07, 6.45) is 5.10. The van der Waals surface area contributed by atoms with E-state index in [1.807, 2.05) is 6.07 Å². The molecule has 0 amide bonds. The molecule has 0 saturated heterocycles. The van der Waals surface area contributed by atoms with Crippen LogP contribution in [-0.2, 0) is 0 Å². The monoisotopic (exact) mass is 227 g/mol. The number of anilines is 1. The van der Waals surface area contributed by atoms with Gasteiger partial charge in [-0.3, -0.25) is 10.1 Å². The molecular formula is C9H7Cl2N3. The van der Waals surface area contributed by atoms with Crippen LogP contribution in [0.2, 0.25) is 10.0 Å². The Bertz CT molecular complexity index is 426. The summed E-state index contributed by atoms with van der Waals surface area (Å²) in [6.45, 7) is 0. The lowest BCUT2D eigenvalue weighted by Crippen LogP contribution is -2.05. The molecule has 1 aromatic carbocycles. The highest BCUT2D eigenvalue weighted by atomic mass is 35.5. The van der Waals surface area contributed by atoms with Gasteiger partial charge < -0.3 is 0 Å². The van der Waals surface area contributed by atoms with Crippen molar-refractivity contribution in [1.29, 1.82) is 0 Å². The summed E-state index contributed by atoms with van der Waals surface area (Å²) in [4.78, 5) is 3.90. The molecule has 3 nitrogen and oxygen atoms in total. The Morgan fingerprint density at radius 2 is 2.14 bits per heavy atom. The molecule has 0 radical (unpaired) electrons. The van der Waals surface area contributed by atoms with Crippen molar-refractivity contribution >= 4 is 28.9 Å². The summed E-state index contributed by atoms with van der Waals surface area (Å²) in [5.74, 6) is 0. The Kier molecular flexibility index (Phi) is 2.61. The molecule has 5 heteroatoms. The highest BCUT2D eigenvalue weighted by Gasteiger charge is 2.00. The first-order valence-corrected chi connectivity index (χ1v) is 4.71. The number of nitrogens with zero attached hydrogens (tertiary/aromatic N) is 2. The van der Waals surface area contributed by atoms with Crippen molar-refractivity contribution in [3.63, 3.8) is 0 Å². The smallest absolute Gasteiger partial charge is 0.114 e. The summed E-state index contributed by atoms with van der Waals surface area (Å²) < 4.78 is 1.70. The zero-order valence-corrected chi connectivity index (χ0v) is 8.63. The van der Waals surface area contributed by atoms with Crippen LogP contribution in [0.15, 0.2) is 36.9 Å². The van der Waals surface area contributed by atoms with Crippen LogP contribution in [-0.4, -0.2) is 9.66 Å². The maximum atomic E-state index is 5.97. The molecule has 0 aliphatic carbocycles. The third-order valence-electron chi connectivity index (χ3n) is 1.69. The van der Waals surface area contributed by atoms with Gasteiger partial charge in [0.1, 0.15) is 6.33 Å². The molecule has 14 heavy (non-hydrogen) atoms. The molecule has 0 bridgehead atoms. The normalized spacial score (nSPS) is 10.1. The fourth-order valence-electron chi connectivity index (χ4n) is 1.04. The van der Waals surface area contributed by atoms with Gasteiger partial charge >= 0.3 is 0 Å². The summed E-state index contributed by atoms with van der Waals surface area (Å²) >= 11 is 11.7. The number of benzene rings is 1. The van der Waals surface area contributed by atoms with Crippen molar-refractivity contribution in [3.8, 4) is 0 Å². The summed E-state index contributed by atoms with van der Waals surface area (Å²) in [7, 11) is 0. The molecule has 1 aromatic heterocycles. The van der Waals surface area contributed by atoms with Gasteiger partial charge in [-0.2, -0.15) is 0 Å². The third-order valence-corrected chi connectivity index (χ3v) is 2.23. The third kappa shape index (κ3) is 2.00. The van der Waals surface area contributed by atoms with Crippen LogP contribution in [0.25, 0.3) is 0 Å². The van der Waals surface area contributed by atoms with Gasteiger partial charge in [-0.1, -0.05) is 23.2 Å². The summed E-state index contributed by atoms with van der Waals surface area (Å²) in [5, 5.41) is 1.19. The van der Waals surface area contributed by atoms with Gasteiger partial charge in [0.2, 0.25) is 0 Å². The number of imidazole rings is 1. The second kappa shape index (κ2) is 3.90. The highest BCUT2D eigenvalue weighted by molar-refractivity contribution is 6.36. The number of aromatic nitrogens is 2. The average molecular weight is 228 g/mol. The molecule has 0 spiro atoms. The predicted octanol–water partition coefficient (Wildman–Crippen LogP) is 3.07. The number of hydrogen-bond acceptors (Lipinski definition) is 2. The number of rotatable bonds is 2. The van der Waals surface area contributed by atoms with Gasteiger partial charge in [-0.25, -0.2) is 4.98 Å². The van der Waals surface area contributed by atoms with Gasteiger partial charge in [0.15, 0.2) is 0 Å². The highest BCUT2D eigenvalue weighted by Crippen LogP contribution is 2.25. The lowest BCUT2D eigenvalue weighted by molar-refractivity contribution is 0.955. The van der Waals surface area contributed by atoms with Crippen LogP contribution >= 0.6 is 23.2 Å². The van der Waals surface area contributed by atoms with Crippen LogP contribution in [0.4, 0.5) is 5.69 Å². The zero-order valence-electron chi connectivity index (χ0n) is 7.11. The van der Waals surface area contributed by atoms with Crippen molar-refractivity contribution in [1.82, 2.24) is 9.66 Å². The van der Waals surface area contributed by atoms with E-state index >= 15 is 0 Å². The second-order valence-corrected chi connectivity index (χ2v) is 3.55. The van der Waals surface area contributed by atoms with E-state index in [0.29, 0.717) is 10.0 Å². The van der Waals surface area contributed by atoms with Crippen LogP contribution in [0.3, 0.4) is 0 Å². The Balaban J connectivity index is 2.25. The summed E-state index contributed by atoms with van der Waals surface area (Å²) in [5.41, 5.74) is 3.83. The van der Waals surface area contributed by atoms with Gasteiger partial charge in [-0.05, 0) is 18.2 Å². The van der Waals surface area contributed by atoms with E-state index in [4.69, 9.17) is 23.2 Å². The minimum atomic E-state index is 0.575. The Morgan fingerprint density at radius 1 is 1.29 bits per heavy atom. The van der Waals surface area contributed by atoms with Crippen molar-refractivity contribution in [2.75, 3.05) is 5.43 Å². The van der Waals surface area contributed by atoms with Crippen LogP contribution < -0.4 is 5.43 Å². The zero-order chi connectivity index (χ0) is 9.97. The molecule has 1 N–H and O–H groups in total. The first kappa shape index (κ1) is 9.37. The molecule has 0 saturated carbocycles. The van der Waals surface area contributed by atoms with E-state index in [2.05, 4.69) is 10.4 Å². The number of hydrogen-bond donors (Lipinski definition) is 1. The van der Waals surface area contributed by atoms with E-state index < -0.39 is 0 Å². The Morgan fingerprint density at radius 3 is 2.79 bits per heavy atom. The molecule has 0 atom stereocenters. The number of nitrogens with one attached hydrogen (secondary N) is 1. The van der Waals surface area contributed by atoms with Crippen LogP contribution in [0, 0.1) is 0 Å². The maximum Gasteiger partial charge on any atom is 0.114 e. The van der Waals surface area contributed by atoms with Gasteiger partial charge in [0, 0.05) is 17.4 Å². The number of halogens is 2. The molecule has 72 valence electrons. The minimum absolute atomic E-state index is 0.575. The molecule has 2 aromatic rings. The molecule has 2 rings (SSSR count). The van der Waals surface area contributed by atoms with Gasteiger partial charge in [0.25, 0.3) is 0 Å². The van der Waals surface area contributed by atoms with Crippen molar-refractivity contribution in [3.05, 3.63) is 47.0 Å². The Hall–Kier alpha value is -1.19. The quantitative estimate of drug-likeness (QED) is 0.855. The fourth-order valence-corrected chi connectivity index (χ4v) is 1.50. The minimum Gasteiger partial charge on any atom is -0.292 e. The van der Waals surface area contributed by atoms with Crippen LogP contribution in [0.1, 0.15) is 0 Å². The topological polar surface area (TPSA) is 29.9 Å². The predicted molar refractivity (Wildman–Crippen MR) is 57.7 cm³/mol. The van der Waals surface area contributed by atoms with E-state index in [0.717, 1.165) is 5.69 Å². The standard InChI is InChI=1S/C9H7Cl2N3/c10-7-1-2-9(8(11)5-7)13-14-4-3-12-6-14/h1-6,13H. The second-order valence-electron chi connectivity index (χ2n) is 2.71. The lowest BCUT2D eigenvalue weighted by atomic mass is 10.3. The van der Waals surface area contributed by atoms with Crippen molar-refractivity contribution < 1.29 is 0 Å². The molecular weight excluding hydrogens is 221 g/mol. The van der Waals surface area contributed by atoms with E-state index in [1.165, 1.54) is 0 Å². The lowest BCUT2D eigenvalue weighted by Gasteiger charge is -2.08. The molecule has 0 aliphatic heterocycles. The first-order chi connectivity index (χ1) is 6.75. The fraction of sp³-hybridized carbons (Fsp3) is 0.